The summed E-state index contributed by atoms with van der Waals surface area (Å²) in [6, 6.07) is 0. The quantitative estimate of drug-likeness (QED) is 0.0261. The molecule has 0 saturated heterocycles. The van der Waals surface area contributed by atoms with Gasteiger partial charge < -0.3 is 14.2 Å². The van der Waals surface area contributed by atoms with Crippen LogP contribution in [0.2, 0.25) is 0 Å². The molecule has 0 bridgehead atoms. The Morgan fingerprint density at radius 2 is 0.529 bits per heavy atom. The Balaban J connectivity index is 3.92. The van der Waals surface area contributed by atoms with Crippen LogP contribution in [0.1, 0.15) is 310 Å². The van der Waals surface area contributed by atoms with E-state index in [0.717, 1.165) is 103 Å². The Morgan fingerprint density at radius 3 is 0.843 bits per heavy atom. The molecule has 70 heavy (non-hydrogen) atoms. The zero-order valence-electron chi connectivity index (χ0n) is 46.5. The molecule has 0 aromatic carbocycles. The summed E-state index contributed by atoms with van der Waals surface area (Å²) in [7, 11) is 0. The molecule has 0 aromatic heterocycles. The number of hydrogen-bond acceptors (Lipinski definition) is 6. The average Bonchev–Trinajstić information content (AvgIpc) is 3.36. The highest BCUT2D eigenvalue weighted by Gasteiger charge is 2.19. The normalized spacial score (nSPS) is 12.4. The largest absolute Gasteiger partial charge is 0.462 e. The molecule has 0 saturated carbocycles. The molecule has 0 aliphatic carbocycles. The fourth-order valence-electron chi connectivity index (χ4n) is 8.64. The Labute approximate surface area is 434 Å². The Morgan fingerprint density at radius 1 is 0.286 bits per heavy atom. The van der Waals surface area contributed by atoms with Crippen LogP contribution in [0.3, 0.4) is 0 Å². The van der Waals surface area contributed by atoms with Crippen molar-refractivity contribution in [2.75, 3.05) is 13.2 Å². The molecule has 1 unspecified atom stereocenters. The number of unbranched alkanes of at least 4 members (excludes halogenated alkanes) is 34. The van der Waals surface area contributed by atoms with Crippen molar-refractivity contribution in [1.82, 2.24) is 0 Å². The van der Waals surface area contributed by atoms with E-state index in [9.17, 15) is 14.4 Å². The van der Waals surface area contributed by atoms with E-state index in [1.807, 2.05) is 0 Å². The molecule has 406 valence electrons. The molecule has 0 amide bonds. The number of hydrogen-bond donors (Lipinski definition) is 0. The fourth-order valence-corrected chi connectivity index (χ4v) is 8.64. The van der Waals surface area contributed by atoms with Crippen molar-refractivity contribution in [3.8, 4) is 0 Å². The Bertz CT molecular complexity index is 1260. The highest BCUT2D eigenvalue weighted by molar-refractivity contribution is 5.71. The van der Waals surface area contributed by atoms with Gasteiger partial charge in [0.2, 0.25) is 0 Å². The minimum absolute atomic E-state index is 0.0774. The lowest BCUT2D eigenvalue weighted by Gasteiger charge is -2.18. The van der Waals surface area contributed by atoms with Crippen molar-refractivity contribution in [1.29, 1.82) is 0 Å². The second-order valence-corrected chi connectivity index (χ2v) is 20.3. The molecule has 0 N–H and O–H groups in total. The zero-order chi connectivity index (χ0) is 50.7. The van der Waals surface area contributed by atoms with E-state index >= 15 is 0 Å². The van der Waals surface area contributed by atoms with Crippen LogP contribution in [0.4, 0.5) is 0 Å². The van der Waals surface area contributed by atoms with E-state index in [0.29, 0.717) is 19.3 Å². The molecule has 0 fully saturated rings. The third-order valence-electron chi connectivity index (χ3n) is 13.2. The summed E-state index contributed by atoms with van der Waals surface area (Å²) in [5, 5.41) is 0. The van der Waals surface area contributed by atoms with Crippen LogP contribution < -0.4 is 0 Å². The SMILES string of the molecule is CCCC/C=C\C/C=C\CCCCCCCC(=O)OC(COC(=O)CCCCCCC)COC(=O)CCCCCCCCCCCCCCCCCCCC/C=C\C/C=C\C/C=C\CCCCCCC. The number of esters is 3. The van der Waals surface area contributed by atoms with Crippen LogP contribution in [-0.2, 0) is 28.6 Å². The van der Waals surface area contributed by atoms with Gasteiger partial charge in [0.25, 0.3) is 0 Å². The Kier molecular flexibility index (Phi) is 56.3. The van der Waals surface area contributed by atoms with Gasteiger partial charge in [-0.05, 0) is 83.5 Å². The molecule has 0 aromatic rings. The van der Waals surface area contributed by atoms with E-state index in [4.69, 9.17) is 14.2 Å². The van der Waals surface area contributed by atoms with E-state index in [1.54, 1.807) is 0 Å². The average molecular weight is 980 g/mol. The minimum Gasteiger partial charge on any atom is -0.462 e. The third-order valence-corrected chi connectivity index (χ3v) is 13.2. The van der Waals surface area contributed by atoms with Gasteiger partial charge in [0, 0.05) is 19.3 Å². The van der Waals surface area contributed by atoms with Crippen molar-refractivity contribution < 1.29 is 28.6 Å². The number of carbonyl (C=O) groups is 3. The van der Waals surface area contributed by atoms with Crippen molar-refractivity contribution in [2.45, 2.75) is 316 Å². The molecule has 0 radical (unpaired) electrons. The van der Waals surface area contributed by atoms with Crippen molar-refractivity contribution in [2.24, 2.45) is 0 Å². The van der Waals surface area contributed by atoms with Crippen LogP contribution in [0.25, 0.3) is 0 Å². The van der Waals surface area contributed by atoms with Crippen LogP contribution in [0.15, 0.2) is 60.8 Å². The maximum absolute atomic E-state index is 12.7. The molecular weight excluding hydrogens is 865 g/mol. The maximum atomic E-state index is 12.7. The summed E-state index contributed by atoms with van der Waals surface area (Å²) in [5.74, 6) is -0.896. The van der Waals surface area contributed by atoms with Crippen molar-refractivity contribution in [3.05, 3.63) is 60.8 Å². The molecule has 0 rings (SSSR count). The number of rotatable bonds is 55. The van der Waals surface area contributed by atoms with Gasteiger partial charge in [-0.15, -0.1) is 0 Å². The first-order chi connectivity index (χ1) is 34.5. The van der Waals surface area contributed by atoms with E-state index in [1.165, 1.54) is 167 Å². The van der Waals surface area contributed by atoms with Crippen molar-refractivity contribution in [3.63, 3.8) is 0 Å². The van der Waals surface area contributed by atoms with Crippen LogP contribution >= 0.6 is 0 Å². The van der Waals surface area contributed by atoms with E-state index in [2.05, 4.69) is 81.5 Å². The number of allylic oxidation sites excluding steroid dienone is 10. The van der Waals surface area contributed by atoms with Gasteiger partial charge in [0.15, 0.2) is 6.10 Å². The molecule has 6 heteroatoms. The lowest BCUT2D eigenvalue weighted by Crippen LogP contribution is -2.30. The zero-order valence-corrected chi connectivity index (χ0v) is 46.5. The molecule has 0 aliphatic heterocycles. The van der Waals surface area contributed by atoms with Gasteiger partial charge in [0.1, 0.15) is 13.2 Å². The molecular formula is C64H114O6. The summed E-state index contributed by atoms with van der Waals surface area (Å²) < 4.78 is 16.7. The standard InChI is InChI=1S/C64H114O6/c1-4-7-10-13-15-17-19-21-23-24-25-26-27-28-29-30-31-32-33-34-35-36-37-38-39-40-41-43-44-46-48-51-54-57-63(66)69-60-61(59-68-62(65)56-53-50-12-9-6-3)70-64(67)58-55-52-49-47-45-42-22-20-18-16-14-11-8-5-2/h14,16,19-22,24-25,27-28,61H,4-13,15,17-18,23,26,29-60H2,1-3H3/b16-14-,21-19-,22-20-,25-24-,28-27-. The third kappa shape index (κ3) is 56.0. The van der Waals surface area contributed by atoms with Gasteiger partial charge in [-0.25, -0.2) is 0 Å². The fraction of sp³-hybridized carbons (Fsp3) is 0.797. The smallest absolute Gasteiger partial charge is 0.306 e. The van der Waals surface area contributed by atoms with Crippen LogP contribution in [0, 0.1) is 0 Å². The summed E-state index contributed by atoms with van der Waals surface area (Å²) in [6.45, 7) is 6.51. The van der Waals surface area contributed by atoms with Gasteiger partial charge >= 0.3 is 17.9 Å². The van der Waals surface area contributed by atoms with Gasteiger partial charge in [-0.3, -0.25) is 14.4 Å². The summed E-state index contributed by atoms with van der Waals surface area (Å²) in [5.41, 5.74) is 0. The highest BCUT2D eigenvalue weighted by atomic mass is 16.6. The van der Waals surface area contributed by atoms with Crippen LogP contribution in [-0.4, -0.2) is 37.2 Å². The first-order valence-electron chi connectivity index (χ1n) is 30.3. The predicted molar refractivity (Wildman–Crippen MR) is 302 cm³/mol. The molecule has 0 aliphatic rings. The monoisotopic (exact) mass is 979 g/mol. The van der Waals surface area contributed by atoms with Gasteiger partial charge in [-0.2, -0.15) is 0 Å². The second-order valence-electron chi connectivity index (χ2n) is 20.3. The summed E-state index contributed by atoms with van der Waals surface area (Å²) >= 11 is 0. The molecule has 6 nitrogen and oxygen atoms in total. The number of ether oxygens (including phenoxy) is 3. The lowest BCUT2D eigenvalue weighted by atomic mass is 10.0. The molecule has 0 spiro atoms. The topological polar surface area (TPSA) is 78.9 Å². The Hall–Kier alpha value is -2.89. The van der Waals surface area contributed by atoms with Crippen molar-refractivity contribution >= 4 is 17.9 Å². The number of carbonyl (C=O) groups excluding carboxylic acids is 3. The second kappa shape index (κ2) is 58.7. The lowest BCUT2D eigenvalue weighted by molar-refractivity contribution is -0.167. The van der Waals surface area contributed by atoms with E-state index in [-0.39, 0.29) is 31.1 Å². The first kappa shape index (κ1) is 67.1. The first-order valence-corrected chi connectivity index (χ1v) is 30.3. The molecule has 0 heterocycles. The van der Waals surface area contributed by atoms with Crippen LogP contribution in [0.5, 0.6) is 0 Å². The van der Waals surface area contributed by atoms with E-state index < -0.39 is 6.10 Å². The predicted octanol–water partition coefficient (Wildman–Crippen LogP) is 20.4. The summed E-state index contributed by atoms with van der Waals surface area (Å²) in [6.07, 6.45) is 74.3. The molecule has 1 atom stereocenters. The maximum Gasteiger partial charge on any atom is 0.306 e. The van der Waals surface area contributed by atoms with Gasteiger partial charge in [0.05, 0.1) is 0 Å². The highest BCUT2D eigenvalue weighted by Crippen LogP contribution is 2.16. The summed E-state index contributed by atoms with van der Waals surface area (Å²) in [4.78, 5) is 37.7. The van der Waals surface area contributed by atoms with Gasteiger partial charge in [-0.1, -0.05) is 268 Å². The minimum atomic E-state index is -0.775.